The molecule has 0 bridgehead atoms. The summed E-state index contributed by atoms with van der Waals surface area (Å²) in [6, 6.07) is 4.87. The van der Waals surface area contributed by atoms with Gasteiger partial charge in [0.05, 0.1) is 20.4 Å². The molecule has 0 saturated heterocycles. The maximum absolute atomic E-state index is 12.3. The van der Waals surface area contributed by atoms with Crippen LogP contribution in [-0.2, 0) is 0 Å². The van der Waals surface area contributed by atoms with E-state index in [0.717, 1.165) is 3.79 Å². The van der Waals surface area contributed by atoms with Crippen LogP contribution in [0.15, 0.2) is 27.4 Å². The number of ether oxygens (including phenoxy) is 1. The molecule has 0 aliphatic rings. The number of halogens is 3. The average Bonchev–Trinajstić information content (AvgIpc) is 2.79. The molecule has 0 atom stereocenters. The number of carbonyl (C=O) groups excluding carboxylic acids is 1. The molecule has 1 aromatic heterocycles. The molecule has 2 aromatic rings. The van der Waals surface area contributed by atoms with E-state index in [1.807, 2.05) is 6.92 Å². The van der Waals surface area contributed by atoms with Crippen molar-refractivity contribution in [2.75, 3.05) is 6.61 Å². The van der Waals surface area contributed by atoms with Crippen molar-refractivity contribution in [2.45, 2.75) is 6.92 Å². The van der Waals surface area contributed by atoms with Crippen molar-refractivity contribution in [2.24, 2.45) is 0 Å². The highest BCUT2D eigenvalue weighted by Crippen LogP contribution is 2.33. The van der Waals surface area contributed by atoms with Gasteiger partial charge in [-0.25, -0.2) is 0 Å². The second kappa shape index (κ2) is 6.27. The normalized spacial score (nSPS) is 10.5. The van der Waals surface area contributed by atoms with E-state index in [2.05, 4.69) is 15.9 Å². The van der Waals surface area contributed by atoms with Crippen LogP contribution in [0.25, 0.3) is 0 Å². The fraction of sp³-hybridized carbons (Fsp3) is 0.154. The summed E-state index contributed by atoms with van der Waals surface area (Å²) in [4.78, 5) is 12.3. The van der Waals surface area contributed by atoms with Gasteiger partial charge in [0.15, 0.2) is 5.78 Å². The molecule has 0 aliphatic heterocycles. The van der Waals surface area contributed by atoms with Crippen LogP contribution >= 0.6 is 50.5 Å². The van der Waals surface area contributed by atoms with Crippen LogP contribution < -0.4 is 4.74 Å². The van der Waals surface area contributed by atoms with Gasteiger partial charge in [-0.15, -0.1) is 11.3 Å². The Hall–Kier alpha value is -0.550. The first-order valence-corrected chi connectivity index (χ1v) is 7.86. The highest BCUT2D eigenvalue weighted by atomic mass is 79.9. The van der Waals surface area contributed by atoms with Crippen LogP contribution in [0.2, 0.25) is 10.0 Å². The fourth-order valence-corrected chi connectivity index (χ4v) is 3.15. The summed E-state index contributed by atoms with van der Waals surface area (Å²) in [5, 5.41) is 2.48. The van der Waals surface area contributed by atoms with E-state index in [9.17, 15) is 4.79 Å². The monoisotopic (exact) mass is 378 g/mol. The van der Waals surface area contributed by atoms with Crippen molar-refractivity contribution in [3.8, 4) is 5.75 Å². The van der Waals surface area contributed by atoms with E-state index < -0.39 is 0 Å². The summed E-state index contributed by atoms with van der Waals surface area (Å²) < 4.78 is 6.22. The molecule has 0 radical (unpaired) electrons. The maximum atomic E-state index is 12.3. The molecule has 0 amide bonds. The summed E-state index contributed by atoms with van der Waals surface area (Å²) >= 11 is 17.0. The van der Waals surface area contributed by atoms with E-state index >= 15 is 0 Å². The lowest BCUT2D eigenvalue weighted by Crippen LogP contribution is -2.02. The third kappa shape index (κ3) is 3.31. The smallest absolute Gasteiger partial charge is 0.195 e. The number of rotatable bonds is 4. The number of hydrogen-bond donors (Lipinski definition) is 0. The molecule has 2 rings (SSSR count). The zero-order valence-corrected chi connectivity index (χ0v) is 13.8. The van der Waals surface area contributed by atoms with Crippen molar-refractivity contribution < 1.29 is 9.53 Å². The predicted molar refractivity (Wildman–Crippen MR) is 83.1 cm³/mol. The van der Waals surface area contributed by atoms with E-state index in [-0.39, 0.29) is 5.78 Å². The SMILES string of the molecule is CCOc1cc(Cl)c(C(=O)c2csc(Br)c2)cc1Cl. The lowest BCUT2D eigenvalue weighted by molar-refractivity contribution is 0.103. The molecular formula is C13H9BrCl2O2S. The summed E-state index contributed by atoms with van der Waals surface area (Å²) in [5.74, 6) is 0.328. The van der Waals surface area contributed by atoms with Crippen molar-refractivity contribution in [3.63, 3.8) is 0 Å². The van der Waals surface area contributed by atoms with Gasteiger partial charge in [-0.2, -0.15) is 0 Å². The molecule has 0 saturated carbocycles. The zero-order chi connectivity index (χ0) is 14.0. The highest BCUT2D eigenvalue weighted by molar-refractivity contribution is 9.11. The average molecular weight is 380 g/mol. The Morgan fingerprint density at radius 2 is 2.05 bits per heavy atom. The van der Waals surface area contributed by atoms with Crippen LogP contribution in [-0.4, -0.2) is 12.4 Å². The van der Waals surface area contributed by atoms with Crippen molar-refractivity contribution >= 4 is 56.3 Å². The third-order valence-electron chi connectivity index (χ3n) is 2.40. The molecule has 0 N–H and O–H groups in total. The molecule has 6 heteroatoms. The molecule has 2 nitrogen and oxygen atoms in total. The van der Waals surface area contributed by atoms with E-state index in [0.29, 0.717) is 33.5 Å². The minimum atomic E-state index is -0.156. The molecule has 0 spiro atoms. The van der Waals surface area contributed by atoms with Gasteiger partial charge in [0.1, 0.15) is 5.75 Å². The van der Waals surface area contributed by atoms with Crippen molar-refractivity contribution in [3.05, 3.63) is 48.5 Å². The zero-order valence-electron chi connectivity index (χ0n) is 9.88. The quantitative estimate of drug-likeness (QED) is 0.660. The predicted octanol–water partition coefficient (Wildman–Crippen LogP) is 5.45. The lowest BCUT2D eigenvalue weighted by atomic mass is 10.1. The molecule has 1 heterocycles. The largest absolute Gasteiger partial charge is 0.492 e. The van der Waals surface area contributed by atoms with Gasteiger partial charge in [0.25, 0.3) is 0 Å². The van der Waals surface area contributed by atoms with Gasteiger partial charge in [0, 0.05) is 22.6 Å². The van der Waals surface area contributed by atoms with Gasteiger partial charge < -0.3 is 4.74 Å². The third-order valence-corrected chi connectivity index (χ3v) is 4.51. The summed E-state index contributed by atoms with van der Waals surface area (Å²) in [5.41, 5.74) is 0.958. The van der Waals surface area contributed by atoms with Gasteiger partial charge in [-0.05, 0) is 35.0 Å². The molecule has 19 heavy (non-hydrogen) atoms. The standard InChI is InChI=1S/C13H9BrCl2O2S/c1-2-18-11-5-9(15)8(4-10(11)16)13(17)7-3-12(14)19-6-7/h3-6H,2H2,1H3. The van der Waals surface area contributed by atoms with Gasteiger partial charge in [-0.3, -0.25) is 4.79 Å². The number of hydrogen-bond acceptors (Lipinski definition) is 3. The number of carbonyl (C=O) groups is 1. The number of thiophene rings is 1. The second-order valence-corrected chi connectivity index (χ2v) is 6.77. The van der Waals surface area contributed by atoms with E-state index in [1.54, 1.807) is 23.6 Å². The van der Waals surface area contributed by atoms with Crippen LogP contribution in [0.3, 0.4) is 0 Å². The van der Waals surface area contributed by atoms with E-state index in [1.165, 1.54) is 11.3 Å². The fourth-order valence-electron chi connectivity index (χ4n) is 1.55. The first-order chi connectivity index (χ1) is 9.02. The Balaban J connectivity index is 2.40. The first-order valence-electron chi connectivity index (χ1n) is 5.43. The maximum Gasteiger partial charge on any atom is 0.195 e. The molecule has 100 valence electrons. The minimum Gasteiger partial charge on any atom is -0.492 e. The summed E-state index contributed by atoms with van der Waals surface area (Å²) in [7, 11) is 0. The van der Waals surface area contributed by atoms with Crippen LogP contribution in [0.5, 0.6) is 5.75 Å². The number of ketones is 1. The van der Waals surface area contributed by atoms with Crippen LogP contribution in [0, 0.1) is 0 Å². The molecule has 0 unspecified atom stereocenters. The Labute approximate surface area is 133 Å². The Bertz CT molecular complexity index is 625. The topological polar surface area (TPSA) is 26.3 Å². The summed E-state index contributed by atoms with van der Waals surface area (Å²) in [6.45, 7) is 2.34. The van der Waals surface area contributed by atoms with Crippen molar-refractivity contribution in [1.29, 1.82) is 0 Å². The van der Waals surface area contributed by atoms with Gasteiger partial charge in [0.2, 0.25) is 0 Å². The Morgan fingerprint density at radius 1 is 1.32 bits per heavy atom. The van der Waals surface area contributed by atoms with Crippen LogP contribution in [0.4, 0.5) is 0 Å². The lowest BCUT2D eigenvalue weighted by Gasteiger charge is -2.09. The van der Waals surface area contributed by atoms with Gasteiger partial charge in [-0.1, -0.05) is 23.2 Å². The van der Waals surface area contributed by atoms with Gasteiger partial charge >= 0.3 is 0 Å². The van der Waals surface area contributed by atoms with Crippen molar-refractivity contribution in [1.82, 2.24) is 0 Å². The molecule has 0 fully saturated rings. The Morgan fingerprint density at radius 3 is 2.63 bits per heavy atom. The first kappa shape index (κ1) is 14.9. The molecule has 1 aromatic carbocycles. The molecular weight excluding hydrogens is 371 g/mol. The molecule has 0 aliphatic carbocycles. The van der Waals surface area contributed by atoms with Crippen LogP contribution in [0.1, 0.15) is 22.8 Å². The minimum absolute atomic E-state index is 0.156. The van der Waals surface area contributed by atoms with E-state index in [4.69, 9.17) is 27.9 Å². The summed E-state index contributed by atoms with van der Waals surface area (Å²) in [6.07, 6.45) is 0. The Kier molecular flexibility index (Phi) is 4.90. The highest BCUT2D eigenvalue weighted by Gasteiger charge is 2.17. The second-order valence-electron chi connectivity index (χ2n) is 3.66. The number of benzene rings is 1.